The van der Waals surface area contributed by atoms with Crippen molar-refractivity contribution in [3.63, 3.8) is 0 Å². The molecule has 0 spiro atoms. The first-order valence-corrected chi connectivity index (χ1v) is 7.45. The smallest absolute Gasteiger partial charge is 0.170 e. The molecule has 0 aliphatic heterocycles. The van der Waals surface area contributed by atoms with Crippen LogP contribution in [0.1, 0.15) is 11.1 Å². The molecule has 0 amide bonds. The van der Waals surface area contributed by atoms with Crippen molar-refractivity contribution in [2.24, 2.45) is 10.9 Å². The molecular formula is C14H13Br2N3O. The van der Waals surface area contributed by atoms with Crippen LogP contribution in [-0.2, 0) is 6.54 Å². The summed E-state index contributed by atoms with van der Waals surface area (Å²) in [6.45, 7) is 0.563. The molecule has 2 rings (SSSR count). The van der Waals surface area contributed by atoms with Gasteiger partial charge in [-0.1, -0.05) is 35.5 Å². The molecule has 0 radical (unpaired) electrons. The summed E-state index contributed by atoms with van der Waals surface area (Å²) < 4.78 is 1.93. The minimum absolute atomic E-state index is 0.105. The van der Waals surface area contributed by atoms with E-state index in [9.17, 15) is 0 Å². The molecule has 6 heteroatoms. The highest BCUT2D eigenvalue weighted by Gasteiger charge is 2.08. The van der Waals surface area contributed by atoms with Gasteiger partial charge in [0.25, 0.3) is 0 Å². The second-order valence-electron chi connectivity index (χ2n) is 4.09. The van der Waals surface area contributed by atoms with Crippen molar-refractivity contribution < 1.29 is 5.21 Å². The van der Waals surface area contributed by atoms with E-state index in [-0.39, 0.29) is 5.84 Å². The quantitative estimate of drug-likeness (QED) is 0.316. The van der Waals surface area contributed by atoms with Gasteiger partial charge >= 0.3 is 0 Å². The monoisotopic (exact) mass is 397 g/mol. The number of nitrogens with one attached hydrogen (secondary N) is 1. The van der Waals surface area contributed by atoms with Crippen molar-refractivity contribution in [3.8, 4) is 0 Å². The molecule has 0 aliphatic carbocycles. The van der Waals surface area contributed by atoms with E-state index in [1.807, 2.05) is 42.5 Å². The molecule has 0 aliphatic rings. The van der Waals surface area contributed by atoms with E-state index in [4.69, 9.17) is 10.9 Å². The van der Waals surface area contributed by atoms with Gasteiger partial charge in [0, 0.05) is 21.1 Å². The third-order valence-corrected chi connectivity index (χ3v) is 4.14. The SMILES string of the molecule is N/C(=N/O)c1ccccc1CNc1c(Br)cccc1Br. The van der Waals surface area contributed by atoms with Crippen LogP contribution in [-0.4, -0.2) is 11.0 Å². The third-order valence-electron chi connectivity index (χ3n) is 2.82. The zero-order valence-electron chi connectivity index (χ0n) is 10.5. The topological polar surface area (TPSA) is 70.6 Å². The van der Waals surface area contributed by atoms with Crippen LogP contribution in [0, 0.1) is 0 Å². The Morgan fingerprint density at radius 3 is 2.40 bits per heavy atom. The van der Waals surface area contributed by atoms with E-state index < -0.39 is 0 Å². The molecule has 20 heavy (non-hydrogen) atoms. The number of benzene rings is 2. The molecule has 0 bridgehead atoms. The van der Waals surface area contributed by atoms with Crippen molar-refractivity contribution in [1.82, 2.24) is 0 Å². The van der Waals surface area contributed by atoms with Crippen LogP contribution >= 0.6 is 31.9 Å². The summed E-state index contributed by atoms with van der Waals surface area (Å²) in [6, 6.07) is 13.4. The lowest BCUT2D eigenvalue weighted by atomic mass is 10.1. The Hall–Kier alpha value is -1.53. The van der Waals surface area contributed by atoms with Crippen molar-refractivity contribution in [2.45, 2.75) is 6.54 Å². The molecule has 0 saturated heterocycles. The van der Waals surface area contributed by atoms with Gasteiger partial charge < -0.3 is 16.3 Å². The Balaban J connectivity index is 2.24. The van der Waals surface area contributed by atoms with Gasteiger partial charge in [-0.3, -0.25) is 0 Å². The van der Waals surface area contributed by atoms with Gasteiger partial charge in [0.1, 0.15) is 0 Å². The molecule has 0 atom stereocenters. The van der Waals surface area contributed by atoms with Gasteiger partial charge in [0.2, 0.25) is 0 Å². The average Bonchev–Trinajstić information content (AvgIpc) is 2.46. The summed E-state index contributed by atoms with van der Waals surface area (Å²) in [6.07, 6.45) is 0. The van der Waals surface area contributed by atoms with E-state index in [1.54, 1.807) is 0 Å². The first-order chi connectivity index (χ1) is 9.63. The normalized spacial score (nSPS) is 11.4. The second kappa shape index (κ2) is 6.76. The Bertz CT molecular complexity index is 624. The highest BCUT2D eigenvalue weighted by molar-refractivity contribution is 9.11. The van der Waals surface area contributed by atoms with E-state index in [2.05, 4.69) is 42.3 Å². The van der Waals surface area contributed by atoms with Crippen LogP contribution < -0.4 is 11.1 Å². The van der Waals surface area contributed by atoms with Gasteiger partial charge in [0.05, 0.1) is 5.69 Å². The molecule has 4 nitrogen and oxygen atoms in total. The van der Waals surface area contributed by atoms with Crippen molar-refractivity contribution >= 4 is 43.4 Å². The predicted molar refractivity (Wildman–Crippen MR) is 88.1 cm³/mol. The summed E-state index contributed by atoms with van der Waals surface area (Å²) in [5.74, 6) is 0.105. The number of nitrogens with zero attached hydrogens (tertiary/aromatic N) is 1. The highest BCUT2D eigenvalue weighted by atomic mass is 79.9. The molecule has 4 N–H and O–H groups in total. The first-order valence-electron chi connectivity index (χ1n) is 5.87. The van der Waals surface area contributed by atoms with Crippen LogP contribution in [0.2, 0.25) is 0 Å². The predicted octanol–water partition coefficient (Wildman–Crippen LogP) is 3.92. The molecule has 0 unspecified atom stereocenters. The maximum atomic E-state index is 8.81. The summed E-state index contributed by atoms with van der Waals surface area (Å²) in [5.41, 5.74) is 8.30. The van der Waals surface area contributed by atoms with E-state index in [1.165, 1.54) is 0 Å². The second-order valence-corrected chi connectivity index (χ2v) is 5.80. The fourth-order valence-corrected chi connectivity index (χ4v) is 3.11. The maximum absolute atomic E-state index is 8.81. The first kappa shape index (κ1) is 14.9. The summed E-state index contributed by atoms with van der Waals surface area (Å²) in [4.78, 5) is 0. The number of anilines is 1. The Labute approximate surface area is 133 Å². The van der Waals surface area contributed by atoms with Gasteiger partial charge in [0.15, 0.2) is 5.84 Å². The van der Waals surface area contributed by atoms with E-state index in [0.717, 1.165) is 20.2 Å². The number of hydrogen-bond acceptors (Lipinski definition) is 3. The molecule has 2 aromatic rings. The molecule has 104 valence electrons. The number of rotatable bonds is 4. The fraction of sp³-hybridized carbons (Fsp3) is 0.0714. The third kappa shape index (κ3) is 3.32. The van der Waals surface area contributed by atoms with Crippen LogP contribution in [0.25, 0.3) is 0 Å². The molecular weight excluding hydrogens is 386 g/mol. The molecule has 0 fully saturated rings. The van der Waals surface area contributed by atoms with Gasteiger partial charge in [-0.15, -0.1) is 0 Å². The van der Waals surface area contributed by atoms with Crippen LogP contribution in [0.3, 0.4) is 0 Å². The molecule has 0 saturated carbocycles. The summed E-state index contributed by atoms with van der Waals surface area (Å²) in [5, 5.41) is 15.2. The van der Waals surface area contributed by atoms with E-state index >= 15 is 0 Å². The average molecular weight is 399 g/mol. The molecule has 0 heterocycles. The Morgan fingerprint density at radius 2 is 1.75 bits per heavy atom. The Morgan fingerprint density at radius 1 is 1.10 bits per heavy atom. The number of amidine groups is 1. The van der Waals surface area contributed by atoms with Crippen molar-refractivity contribution in [3.05, 3.63) is 62.5 Å². The number of hydrogen-bond donors (Lipinski definition) is 3. The van der Waals surface area contributed by atoms with Crippen LogP contribution in [0.15, 0.2) is 56.6 Å². The minimum atomic E-state index is 0.105. The van der Waals surface area contributed by atoms with Crippen molar-refractivity contribution in [1.29, 1.82) is 0 Å². The highest BCUT2D eigenvalue weighted by Crippen LogP contribution is 2.31. The summed E-state index contributed by atoms with van der Waals surface area (Å²) in [7, 11) is 0. The van der Waals surface area contributed by atoms with Gasteiger partial charge in [-0.05, 0) is 49.6 Å². The standard InChI is InChI=1S/C14H13Br2N3O/c15-11-6-3-7-12(16)13(11)18-8-9-4-1-2-5-10(9)14(17)19-20/h1-7,18,20H,8H2,(H2,17,19). The zero-order valence-corrected chi connectivity index (χ0v) is 13.6. The zero-order chi connectivity index (χ0) is 14.5. The molecule has 2 aromatic carbocycles. The lowest BCUT2D eigenvalue weighted by Gasteiger charge is -2.13. The number of para-hydroxylation sites is 1. The molecule has 0 aromatic heterocycles. The van der Waals surface area contributed by atoms with E-state index in [0.29, 0.717) is 12.1 Å². The maximum Gasteiger partial charge on any atom is 0.170 e. The lowest BCUT2D eigenvalue weighted by Crippen LogP contribution is -2.16. The fourth-order valence-electron chi connectivity index (χ4n) is 1.83. The van der Waals surface area contributed by atoms with Crippen LogP contribution in [0.4, 0.5) is 5.69 Å². The minimum Gasteiger partial charge on any atom is -0.409 e. The summed E-state index contributed by atoms with van der Waals surface area (Å²) >= 11 is 7.00. The largest absolute Gasteiger partial charge is 0.409 e. The van der Waals surface area contributed by atoms with Gasteiger partial charge in [-0.2, -0.15) is 0 Å². The number of nitrogens with two attached hydrogens (primary N) is 1. The van der Waals surface area contributed by atoms with Crippen molar-refractivity contribution in [2.75, 3.05) is 5.32 Å². The Kier molecular flexibility index (Phi) is 5.03. The number of oxime groups is 1. The lowest BCUT2D eigenvalue weighted by molar-refractivity contribution is 0.318. The van der Waals surface area contributed by atoms with Gasteiger partial charge in [-0.25, -0.2) is 0 Å². The number of halogens is 2. The van der Waals surface area contributed by atoms with Crippen LogP contribution in [0.5, 0.6) is 0 Å².